The number of aromatic amines is 1. The van der Waals surface area contributed by atoms with E-state index in [1.54, 1.807) is 33.5 Å². The highest BCUT2D eigenvalue weighted by Gasteiger charge is 2.17. The Kier molecular flexibility index (Phi) is 6.06. The van der Waals surface area contributed by atoms with Crippen LogP contribution in [-0.2, 0) is 12.8 Å². The van der Waals surface area contributed by atoms with E-state index < -0.39 is 0 Å². The highest BCUT2D eigenvalue weighted by molar-refractivity contribution is 5.91. The lowest BCUT2D eigenvalue weighted by atomic mass is 9.97. The summed E-state index contributed by atoms with van der Waals surface area (Å²) in [4.78, 5) is 23.6. The molecule has 0 radical (unpaired) electrons. The van der Waals surface area contributed by atoms with Gasteiger partial charge < -0.3 is 19.2 Å². The monoisotopic (exact) mass is 445 g/mol. The van der Waals surface area contributed by atoms with Crippen LogP contribution in [0.2, 0.25) is 0 Å². The smallest absolute Gasteiger partial charge is 0.252 e. The first-order chi connectivity index (χ1) is 16.0. The van der Waals surface area contributed by atoms with Crippen LogP contribution in [-0.4, -0.2) is 31.3 Å². The third-order valence-corrected chi connectivity index (χ3v) is 5.65. The first kappa shape index (κ1) is 22.0. The number of hydrogen-bond donors (Lipinski definition) is 1. The standard InChI is InChI=1S/C24H23N5O4/c1-5-19-17-12-22(33-4)21(32-3)11-16(17)18(24(30)27-19)10-14-8-13-9-15(31-2)6-7-20(13)26-23(14)28-29-25/h6-9,11-12H,5,10H2,1-4H3,(H,27,30). The predicted octanol–water partition coefficient (Wildman–Crippen LogP) is 5.20. The molecule has 0 atom stereocenters. The SMILES string of the molecule is CCc1[nH]c(=O)c(Cc2cc3cc(OC)ccc3nc2N=[N+]=[N-])c2cc(OC)c(OC)cc12. The van der Waals surface area contributed by atoms with E-state index in [0.29, 0.717) is 40.3 Å². The maximum Gasteiger partial charge on any atom is 0.252 e. The number of hydrogen-bond acceptors (Lipinski definition) is 6. The highest BCUT2D eigenvalue weighted by atomic mass is 16.5. The van der Waals surface area contributed by atoms with Gasteiger partial charge in [0, 0.05) is 33.4 Å². The van der Waals surface area contributed by atoms with Crippen molar-refractivity contribution in [1.82, 2.24) is 9.97 Å². The molecular formula is C24H23N5O4. The van der Waals surface area contributed by atoms with Crippen molar-refractivity contribution in [3.8, 4) is 17.2 Å². The lowest BCUT2D eigenvalue weighted by molar-refractivity contribution is 0.356. The Balaban J connectivity index is 1.98. The van der Waals surface area contributed by atoms with Gasteiger partial charge in [0.25, 0.3) is 5.56 Å². The number of ether oxygens (including phenoxy) is 3. The van der Waals surface area contributed by atoms with Gasteiger partial charge >= 0.3 is 0 Å². The van der Waals surface area contributed by atoms with Crippen molar-refractivity contribution in [3.05, 3.63) is 74.0 Å². The molecule has 0 aliphatic heterocycles. The van der Waals surface area contributed by atoms with Gasteiger partial charge in [-0.3, -0.25) is 4.79 Å². The third kappa shape index (κ3) is 4.02. The molecule has 9 nitrogen and oxygen atoms in total. The number of rotatable bonds is 7. The first-order valence-electron chi connectivity index (χ1n) is 10.3. The van der Waals surface area contributed by atoms with Gasteiger partial charge in [-0.15, -0.1) is 0 Å². The molecule has 0 bridgehead atoms. The molecule has 4 rings (SSSR count). The maximum absolute atomic E-state index is 13.1. The van der Waals surface area contributed by atoms with Crippen molar-refractivity contribution >= 4 is 27.5 Å². The molecule has 0 spiro atoms. The zero-order valence-electron chi connectivity index (χ0n) is 18.8. The summed E-state index contributed by atoms with van der Waals surface area (Å²) in [6.45, 7) is 1.97. The number of aryl methyl sites for hydroxylation is 1. The summed E-state index contributed by atoms with van der Waals surface area (Å²) >= 11 is 0. The Hall–Kier alpha value is -4.23. The Labute approximate surface area is 189 Å². The fourth-order valence-electron chi connectivity index (χ4n) is 4.00. The zero-order valence-corrected chi connectivity index (χ0v) is 18.8. The molecule has 0 aliphatic carbocycles. The molecule has 33 heavy (non-hydrogen) atoms. The second kappa shape index (κ2) is 9.10. The van der Waals surface area contributed by atoms with E-state index in [1.807, 2.05) is 31.2 Å². The van der Waals surface area contributed by atoms with Crippen LogP contribution in [0.3, 0.4) is 0 Å². The number of methoxy groups -OCH3 is 3. The Morgan fingerprint density at radius 2 is 1.76 bits per heavy atom. The Bertz CT molecular complexity index is 1470. The van der Waals surface area contributed by atoms with Gasteiger partial charge in [0.1, 0.15) is 11.6 Å². The summed E-state index contributed by atoms with van der Waals surface area (Å²) in [6.07, 6.45) is 0.850. The molecule has 0 unspecified atom stereocenters. The number of azide groups is 1. The summed E-state index contributed by atoms with van der Waals surface area (Å²) in [7, 11) is 4.72. The van der Waals surface area contributed by atoms with Crippen molar-refractivity contribution in [1.29, 1.82) is 0 Å². The molecule has 2 heterocycles. The van der Waals surface area contributed by atoms with Crippen LogP contribution in [0.4, 0.5) is 5.82 Å². The molecule has 2 aromatic heterocycles. The van der Waals surface area contributed by atoms with Crippen molar-refractivity contribution in [2.24, 2.45) is 5.11 Å². The Morgan fingerprint density at radius 3 is 2.39 bits per heavy atom. The van der Waals surface area contributed by atoms with Crippen molar-refractivity contribution in [2.45, 2.75) is 19.8 Å². The number of fused-ring (bicyclic) bond motifs is 2. The minimum absolute atomic E-state index is 0.208. The van der Waals surface area contributed by atoms with Gasteiger partial charge in [0.05, 0.1) is 26.8 Å². The van der Waals surface area contributed by atoms with Gasteiger partial charge in [0.2, 0.25) is 0 Å². The maximum atomic E-state index is 13.1. The fraction of sp³-hybridized carbons (Fsp3) is 0.250. The van der Waals surface area contributed by atoms with E-state index in [0.717, 1.165) is 21.9 Å². The summed E-state index contributed by atoms with van der Waals surface area (Å²) in [5.41, 5.74) is 11.5. The van der Waals surface area contributed by atoms with Crippen LogP contribution in [0.15, 0.2) is 46.3 Å². The Morgan fingerprint density at radius 1 is 1.03 bits per heavy atom. The van der Waals surface area contributed by atoms with Gasteiger partial charge in [0.15, 0.2) is 11.5 Å². The number of aromatic nitrogens is 2. The molecule has 4 aromatic rings. The van der Waals surface area contributed by atoms with Crippen molar-refractivity contribution in [3.63, 3.8) is 0 Å². The minimum Gasteiger partial charge on any atom is -0.497 e. The average molecular weight is 445 g/mol. The van der Waals surface area contributed by atoms with Crippen LogP contribution in [0.5, 0.6) is 17.2 Å². The van der Waals surface area contributed by atoms with E-state index in [-0.39, 0.29) is 17.8 Å². The number of H-pyrrole nitrogens is 1. The summed E-state index contributed by atoms with van der Waals surface area (Å²) in [6, 6.07) is 11.0. The molecule has 0 aliphatic rings. The summed E-state index contributed by atoms with van der Waals surface area (Å²) < 4.78 is 16.3. The van der Waals surface area contributed by atoms with Crippen molar-refractivity contribution in [2.75, 3.05) is 21.3 Å². The van der Waals surface area contributed by atoms with E-state index >= 15 is 0 Å². The van der Waals surface area contributed by atoms with Crippen molar-refractivity contribution < 1.29 is 14.2 Å². The second-order valence-corrected chi connectivity index (χ2v) is 7.41. The number of nitrogens with zero attached hydrogens (tertiary/aromatic N) is 4. The van der Waals surface area contributed by atoms with E-state index in [2.05, 4.69) is 20.0 Å². The summed E-state index contributed by atoms with van der Waals surface area (Å²) in [5, 5.41) is 6.20. The zero-order chi connectivity index (χ0) is 23.5. The number of nitrogens with one attached hydrogen (secondary N) is 1. The fourth-order valence-corrected chi connectivity index (χ4v) is 4.00. The molecular weight excluding hydrogens is 422 g/mol. The minimum atomic E-state index is -0.218. The van der Waals surface area contributed by atoms with Gasteiger partial charge in [-0.1, -0.05) is 6.92 Å². The number of pyridine rings is 2. The van der Waals surface area contributed by atoms with Gasteiger partial charge in [-0.2, -0.15) is 0 Å². The second-order valence-electron chi connectivity index (χ2n) is 7.41. The molecule has 0 saturated heterocycles. The topological polar surface area (TPSA) is 122 Å². The van der Waals surface area contributed by atoms with Gasteiger partial charge in [-0.05, 0) is 64.4 Å². The molecule has 0 amide bonds. The molecule has 0 fully saturated rings. The predicted molar refractivity (Wildman–Crippen MR) is 127 cm³/mol. The van der Waals surface area contributed by atoms with Crippen LogP contribution in [0.25, 0.3) is 32.1 Å². The van der Waals surface area contributed by atoms with Gasteiger partial charge in [-0.25, -0.2) is 4.98 Å². The molecule has 0 saturated carbocycles. The largest absolute Gasteiger partial charge is 0.497 e. The lowest BCUT2D eigenvalue weighted by Gasteiger charge is -2.15. The van der Waals surface area contributed by atoms with Crippen LogP contribution < -0.4 is 19.8 Å². The highest BCUT2D eigenvalue weighted by Crippen LogP contribution is 2.35. The van der Waals surface area contributed by atoms with Crippen LogP contribution >= 0.6 is 0 Å². The van der Waals surface area contributed by atoms with E-state index in [4.69, 9.17) is 19.7 Å². The lowest BCUT2D eigenvalue weighted by Crippen LogP contribution is -2.16. The van der Waals surface area contributed by atoms with E-state index in [1.165, 1.54) is 0 Å². The third-order valence-electron chi connectivity index (χ3n) is 5.65. The molecule has 168 valence electrons. The number of benzene rings is 2. The quantitative estimate of drug-likeness (QED) is 0.238. The van der Waals surface area contributed by atoms with E-state index in [9.17, 15) is 4.79 Å². The first-order valence-corrected chi connectivity index (χ1v) is 10.3. The average Bonchev–Trinajstić information content (AvgIpc) is 2.84. The molecule has 2 aromatic carbocycles. The summed E-state index contributed by atoms with van der Waals surface area (Å²) in [5.74, 6) is 2.00. The van der Waals surface area contributed by atoms with Crippen LogP contribution in [0, 0.1) is 0 Å². The normalized spacial score (nSPS) is 10.8. The molecule has 1 N–H and O–H groups in total. The molecule has 9 heteroatoms. The van der Waals surface area contributed by atoms with Crippen LogP contribution in [0.1, 0.15) is 23.7 Å².